The first kappa shape index (κ1) is 27.4. The highest BCUT2D eigenvalue weighted by Crippen LogP contribution is 2.37. The molecule has 0 spiro atoms. The van der Waals surface area contributed by atoms with Crippen molar-refractivity contribution in [2.24, 2.45) is 5.92 Å². The minimum absolute atomic E-state index is 0.126. The summed E-state index contributed by atoms with van der Waals surface area (Å²) in [6, 6.07) is 12.8. The van der Waals surface area contributed by atoms with Crippen molar-refractivity contribution in [3.05, 3.63) is 82.9 Å². The first-order valence-corrected chi connectivity index (χ1v) is 13.6. The zero-order chi connectivity index (χ0) is 26.4. The largest absolute Gasteiger partial charge is 0.373 e. The number of benzene rings is 3. The van der Waals surface area contributed by atoms with E-state index in [9.17, 15) is 8.78 Å². The minimum atomic E-state index is -0.922. The van der Waals surface area contributed by atoms with Crippen LogP contribution in [0.1, 0.15) is 82.4 Å². The average Bonchev–Trinajstić information content (AvgIpc) is 2.91. The van der Waals surface area contributed by atoms with Crippen LogP contribution in [0.15, 0.2) is 48.5 Å². The Labute approximate surface area is 217 Å². The monoisotopic (exact) mass is 512 g/mol. The molecule has 0 amide bonds. The number of aryl methyl sites for hydroxylation is 1. The molecule has 0 radical (unpaired) electrons. The fraction of sp³-hybridized carbons (Fsp3) is 0.438. The van der Waals surface area contributed by atoms with E-state index < -0.39 is 29.4 Å². The van der Waals surface area contributed by atoms with Gasteiger partial charge in [-0.05, 0) is 54.7 Å². The first-order valence-electron chi connectivity index (χ1n) is 13.6. The van der Waals surface area contributed by atoms with E-state index in [4.69, 9.17) is 4.74 Å². The summed E-state index contributed by atoms with van der Waals surface area (Å²) in [6.07, 6.45) is 7.84. The lowest BCUT2D eigenvalue weighted by molar-refractivity contribution is -0.0214. The molecule has 1 aliphatic rings. The average molecular weight is 513 g/mol. The van der Waals surface area contributed by atoms with Gasteiger partial charge < -0.3 is 4.74 Å². The molecule has 1 fully saturated rings. The van der Waals surface area contributed by atoms with Crippen molar-refractivity contribution in [3.8, 4) is 22.3 Å². The van der Waals surface area contributed by atoms with Gasteiger partial charge in [-0.25, -0.2) is 17.6 Å². The van der Waals surface area contributed by atoms with Gasteiger partial charge in [0.25, 0.3) is 0 Å². The van der Waals surface area contributed by atoms with Crippen LogP contribution >= 0.6 is 0 Å². The first-order chi connectivity index (χ1) is 17.9. The maximum absolute atomic E-state index is 15.1. The van der Waals surface area contributed by atoms with Crippen LogP contribution in [0, 0.1) is 29.2 Å². The molecule has 1 saturated heterocycles. The molecular formula is C32H36F4O. The highest BCUT2D eigenvalue weighted by atomic mass is 19.2. The Morgan fingerprint density at radius 1 is 0.676 bits per heavy atom. The van der Waals surface area contributed by atoms with Crippen LogP contribution in [0.3, 0.4) is 0 Å². The van der Waals surface area contributed by atoms with Gasteiger partial charge in [-0.15, -0.1) is 0 Å². The number of unbranched alkanes of at least 4 members (excludes halogenated alkanes) is 3. The van der Waals surface area contributed by atoms with E-state index in [0.29, 0.717) is 42.1 Å². The lowest BCUT2D eigenvalue weighted by atomic mass is 9.90. The van der Waals surface area contributed by atoms with Crippen LogP contribution in [0.25, 0.3) is 22.3 Å². The van der Waals surface area contributed by atoms with Crippen LogP contribution in [0.4, 0.5) is 17.6 Å². The molecule has 1 aliphatic heterocycles. The molecule has 2 atom stereocenters. The smallest absolute Gasteiger partial charge is 0.167 e. The molecule has 0 aliphatic carbocycles. The normalized spacial score (nSPS) is 17.8. The lowest BCUT2D eigenvalue weighted by Gasteiger charge is -2.29. The summed E-state index contributed by atoms with van der Waals surface area (Å²) in [6.45, 7) is 4.81. The van der Waals surface area contributed by atoms with Gasteiger partial charge >= 0.3 is 0 Å². The van der Waals surface area contributed by atoms with Crippen molar-refractivity contribution in [1.29, 1.82) is 0 Å². The number of halogens is 4. The summed E-state index contributed by atoms with van der Waals surface area (Å²) in [5.41, 5.74) is 1.86. The predicted octanol–water partition coefficient (Wildman–Crippen LogP) is 9.97. The number of rotatable bonds is 10. The van der Waals surface area contributed by atoms with E-state index in [-0.39, 0.29) is 16.7 Å². The molecule has 0 N–H and O–H groups in total. The zero-order valence-corrected chi connectivity index (χ0v) is 21.8. The topological polar surface area (TPSA) is 9.23 Å². The maximum atomic E-state index is 15.1. The molecule has 3 aromatic rings. The Morgan fingerprint density at radius 2 is 1.32 bits per heavy atom. The second kappa shape index (κ2) is 12.7. The van der Waals surface area contributed by atoms with Gasteiger partial charge in [0.1, 0.15) is 0 Å². The molecule has 2 unspecified atom stereocenters. The summed E-state index contributed by atoms with van der Waals surface area (Å²) in [7, 11) is 0. The Bertz CT molecular complexity index is 1180. The van der Waals surface area contributed by atoms with Crippen molar-refractivity contribution < 1.29 is 22.3 Å². The highest BCUT2D eigenvalue weighted by Gasteiger charge is 2.27. The van der Waals surface area contributed by atoms with E-state index in [0.717, 1.165) is 44.9 Å². The van der Waals surface area contributed by atoms with Gasteiger partial charge in [0.2, 0.25) is 0 Å². The van der Waals surface area contributed by atoms with Crippen LogP contribution < -0.4 is 0 Å². The predicted molar refractivity (Wildman–Crippen MR) is 141 cm³/mol. The molecule has 3 aromatic carbocycles. The van der Waals surface area contributed by atoms with Crippen molar-refractivity contribution in [1.82, 2.24) is 0 Å². The Balaban J connectivity index is 1.50. The SMILES string of the molecule is CCCCCCc1ccc(-c2ccc(-c3ccc(C4CCC(CCC)CO4)c(F)c3F)cc2)c(F)c1F. The Hall–Kier alpha value is -2.66. The molecule has 0 saturated carbocycles. The standard InChI is InChI=1S/C32H36F4O/c1-3-5-6-7-9-24-15-16-25(30(34)29(24)33)22-11-13-23(14-12-22)26-17-18-27(32(36)31(26)35)28-19-10-21(8-4-2)20-37-28/h11-18,21,28H,3-10,19-20H2,1-2H3. The quantitative estimate of drug-likeness (QED) is 0.194. The van der Waals surface area contributed by atoms with Gasteiger partial charge in [0.15, 0.2) is 23.3 Å². The second-order valence-electron chi connectivity index (χ2n) is 10.2. The summed E-state index contributed by atoms with van der Waals surface area (Å²) < 4.78 is 65.5. The van der Waals surface area contributed by atoms with Crippen molar-refractivity contribution in [2.75, 3.05) is 6.61 Å². The van der Waals surface area contributed by atoms with E-state index in [1.54, 1.807) is 48.5 Å². The minimum Gasteiger partial charge on any atom is -0.373 e. The zero-order valence-electron chi connectivity index (χ0n) is 21.8. The molecule has 5 heteroatoms. The fourth-order valence-corrected chi connectivity index (χ4v) is 5.30. The second-order valence-corrected chi connectivity index (χ2v) is 10.2. The lowest BCUT2D eigenvalue weighted by Crippen LogP contribution is -2.21. The number of hydrogen-bond acceptors (Lipinski definition) is 1. The summed E-state index contributed by atoms with van der Waals surface area (Å²) in [5, 5.41) is 0. The Kier molecular flexibility index (Phi) is 9.42. The molecule has 0 bridgehead atoms. The molecular weight excluding hydrogens is 476 g/mol. The van der Waals surface area contributed by atoms with Crippen molar-refractivity contribution in [3.63, 3.8) is 0 Å². The third-order valence-electron chi connectivity index (χ3n) is 7.50. The van der Waals surface area contributed by atoms with Crippen LogP contribution in [-0.2, 0) is 11.2 Å². The number of hydrogen-bond donors (Lipinski definition) is 0. The third kappa shape index (κ3) is 6.26. The van der Waals surface area contributed by atoms with Crippen LogP contribution in [-0.4, -0.2) is 6.61 Å². The van der Waals surface area contributed by atoms with Gasteiger partial charge in [0, 0.05) is 16.7 Å². The fourth-order valence-electron chi connectivity index (χ4n) is 5.30. The molecule has 198 valence electrons. The summed E-state index contributed by atoms with van der Waals surface area (Å²) >= 11 is 0. The summed E-state index contributed by atoms with van der Waals surface area (Å²) in [4.78, 5) is 0. The summed E-state index contributed by atoms with van der Waals surface area (Å²) in [5.74, 6) is -3.02. The number of ether oxygens (including phenoxy) is 1. The van der Waals surface area contributed by atoms with Crippen LogP contribution in [0.2, 0.25) is 0 Å². The Morgan fingerprint density at radius 3 is 1.92 bits per heavy atom. The third-order valence-corrected chi connectivity index (χ3v) is 7.50. The highest BCUT2D eigenvalue weighted by molar-refractivity contribution is 5.71. The van der Waals surface area contributed by atoms with E-state index in [1.807, 2.05) is 0 Å². The molecule has 4 rings (SSSR count). The van der Waals surface area contributed by atoms with E-state index >= 15 is 8.78 Å². The van der Waals surface area contributed by atoms with Gasteiger partial charge in [-0.3, -0.25) is 0 Å². The molecule has 37 heavy (non-hydrogen) atoms. The van der Waals surface area contributed by atoms with Crippen molar-refractivity contribution in [2.45, 2.75) is 77.7 Å². The van der Waals surface area contributed by atoms with E-state index in [1.165, 1.54) is 0 Å². The van der Waals surface area contributed by atoms with Gasteiger partial charge in [-0.1, -0.05) is 88.1 Å². The van der Waals surface area contributed by atoms with E-state index in [2.05, 4.69) is 13.8 Å². The molecule has 0 aromatic heterocycles. The van der Waals surface area contributed by atoms with Crippen molar-refractivity contribution >= 4 is 0 Å². The van der Waals surface area contributed by atoms with Crippen LogP contribution in [0.5, 0.6) is 0 Å². The van der Waals surface area contributed by atoms with Gasteiger partial charge in [0.05, 0.1) is 12.7 Å². The van der Waals surface area contributed by atoms with Gasteiger partial charge in [-0.2, -0.15) is 0 Å². The molecule has 1 nitrogen and oxygen atoms in total. The maximum Gasteiger partial charge on any atom is 0.167 e. The molecule has 1 heterocycles.